The van der Waals surface area contributed by atoms with E-state index in [1.54, 1.807) is 19.2 Å². The largest absolute Gasteiger partial charge is 0.478 e. The molecule has 0 saturated carbocycles. The van der Waals surface area contributed by atoms with Crippen LogP contribution in [0.3, 0.4) is 0 Å². The van der Waals surface area contributed by atoms with Crippen molar-refractivity contribution in [2.24, 2.45) is 5.92 Å². The highest BCUT2D eigenvalue weighted by Gasteiger charge is 2.27. The van der Waals surface area contributed by atoms with E-state index >= 15 is 0 Å². The van der Waals surface area contributed by atoms with Crippen LogP contribution >= 0.6 is 11.6 Å². The molecule has 0 radical (unpaired) electrons. The second-order valence-electron chi connectivity index (χ2n) is 4.96. The number of anilines is 1. The van der Waals surface area contributed by atoms with Gasteiger partial charge in [-0.05, 0) is 30.5 Å². The third-order valence-corrected chi connectivity index (χ3v) is 4.03. The molecule has 4 nitrogen and oxygen atoms in total. The average Bonchev–Trinajstić information content (AvgIpc) is 2.39. The van der Waals surface area contributed by atoms with Gasteiger partial charge in [-0.2, -0.15) is 0 Å². The van der Waals surface area contributed by atoms with Gasteiger partial charge >= 0.3 is 5.97 Å². The van der Waals surface area contributed by atoms with Crippen LogP contribution in [0.2, 0.25) is 5.02 Å². The van der Waals surface area contributed by atoms with Crippen molar-refractivity contribution in [3.63, 3.8) is 0 Å². The van der Waals surface area contributed by atoms with E-state index in [-0.39, 0.29) is 11.7 Å². The number of methoxy groups -OCH3 is 1. The summed E-state index contributed by atoms with van der Waals surface area (Å²) in [5.74, 6) is -0.436. The number of benzene rings is 1. The number of carbonyl (C=O) groups is 1. The molecule has 0 amide bonds. The third kappa shape index (κ3) is 3.01. The summed E-state index contributed by atoms with van der Waals surface area (Å²) in [6.45, 7) is 3.87. The average molecular weight is 284 g/mol. The van der Waals surface area contributed by atoms with Crippen LogP contribution in [-0.2, 0) is 4.74 Å². The molecule has 0 aliphatic carbocycles. The quantitative estimate of drug-likeness (QED) is 0.927. The van der Waals surface area contributed by atoms with Crippen LogP contribution in [0.5, 0.6) is 0 Å². The molecule has 0 spiro atoms. The first kappa shape index (κ1) is 14.2. The van der Waals surface area contributed by atoms with Crippen LogP contribution in [0.4, 0.5) is 5.69 Å². The van der Waals surface area contributed by atoms with Crippen molar-refractivity contribution in [2.75, 3.05) is 25.1 Å². The maximum absolute atomic E-state index is 10.9. The van der Waals surface area contributed by atoms with Crippen LogP contribution in [-0.4, -0.2) is 37.4 Å². The van der Waals surface area contributed by atoms with Crippen molar-refractivity contribution in [3.05, 3.63) is 28.8 Å². The Bertz CT molecular complexity index is 478. The minimum Gasteiger partial charge on any atom is -0.478 e. The standard InChI is InChI=1S/C14H18ClNO3/c1-9-5-6-16(8-13(9)19-2)12-4-3-10(14(17)18)7-11(12)15/h3-4,7,9,13H,5-6,8H2,1-2H3,(H,17,18). The lowest BCUT2D eigenvalue weighted by molar-refractivity contribution is 0.0498. The number of hydrogen-bond acceptors (Lipinski definition) is 3. The number of ether oxygens (including phenoxy) is 1. The lowest BCUT2D eigenvalue weighted by atomic mass is 9.95. The number of halogens is 1. The van der Waals surface area contributed by atoms with Crippen molar-refractivity contribution < 1.29 is 14.6 Å². The zero-order valence-electron chi connectivity index (χ0n) is 11.1. The molecule has 104 valence electrons. The van der Waals surface area contributed by atoms with E-state index in [9.17, 15) is 4.79 Å². The molecule has 2 unspecified atom stereocenters. The van der Waals surface area contributed by atoms with Crippen LogP contribution in [0, 0.1) is 5.92 Å². The van der Waals surface area contributed by atoms with Gasteiger partial charge in [0.25, 0.3) is 0 Å². The number of nitrogens with zero attached hydrogens (tertiary/aromatic N) is 1. The second-order valence-corrected chi connectivity index (χ2v) is 5.36. The van der Waals surface area contributed by atoms with Gasteiger partial charge in [-0.3, -0.25) is 0 Å². The summed E-state index contributed by atoms with van der Waals surface area (Å²) >= 11 is 6.19. The summed E-state index contributed by atoms with van der Waals surface area (Å²) in [5.41, 5.74) is 1.09. The molecule has 19 heavy (non-hydrogen) atoms. The lowest BCUT2D eigenvalue weighted by Crippen LogP contribution is -2.44. The van der Waals surface area contributed by atoms with E-state index in [0.717, 1.165) is 25.2 Å². The van der Waals surface area contributed by atoms with Gasteiger partial charge in [0.1, 0.15) is 0 Å². The van der Waals surface area contributed by atoms with Gasteiger partial charge < -0.3 is 14.7 Å². The summed E-state index contributed by atoms with van der Waals surface area (Å²) < 4.78 is 5.48. The first-order chi connectivity index (χ1) is 9.02. The van der Waals surface area contributed by atoms with E-state index in [2.05, 4.69) is 11.8 Å². The van der Waals surface area contributed by atoms with Gasteiger partial charge in [-0.1, -0.05) is 18.5 Å². The van der Waals surface area contributed by atoms with Crippen molar-refractivity contribution >= 4 is 23.3 Å². The van der Waals surface area contributed by atoms with Crippen molar-refractivity contribution in [1.82, 2.24) is 0 Å². The first-order valence-electron chi connectivity index (χ1n) is 6.33. The highest BCUT2D eigenvalue weighted by molar-refractivity contribution is 6.33. The fourth-order valence-electron chi connectivity index (χ4n) is 2.46. The molecular formula is C14H18ClNO3. The Balaban J connectivity index is 2.20. The molecule has 1 aliphatic heterocycles. The molecule has 1 aromatic rings. The molecule has 1 saturated heterocycles. The Kier molecular flexibility index (Phi) is 4.32. The number of hydrogen-bond donors (Lipinski definition) is 1. The van der Waals surface area contributed by atoms with Crippen molar-refractivity contribution in [1.29, 1.82) is 0 Å². The van der Waals surface area contributed by atoms with Crippen molar-refractivity contribution in [3.8, 4) is 0 Å². The zero-order valence-corrected chi connectivity index (χ0v) is 11.9. The molecule has 5 heteroatoms. The van der Waals surface area contributed by atoms with E-state index < -0.39 is 5.97 Å². The monoisotopic (exact) mass is 283 g/mol. The third-order valence-electron chi connectivity index (χ3n) is 3.73. The van der Waals surface area contributed by atoms with Crippen LogP contribution < -0.4 is 4.90 Å². The molecule has 1 aromatic carbocycles. The molecule has 2 rings (SSSR count). The molecule has 1 aliphatic rings. The van der Waals surface area contributed by atoms with Gasteiger partial charge in [0.2, 0.25) is 0 Å². The second kappa shape index (κ2) is 5.80. The molecule has 1 N–H and O–H groups in total. The van der Waals surface area contributed by atoms with Gasteiger partial charge in [-0.25, -0.2) is 4.79 Å². The maximum atomic E-state index is 10.9. The van der Waals surface area contributed by atoms with Crippen molar-refractivity contribution in [2.45, 2.75) is 19.4 Å². The van der Waals surface area contributed by atoms with Gasteiger partial charge in [0.15, 0.2) is 0 Å². The van der Waals surface area contributed by atoms with Crippen LogP contribution in [0.25, 0.3) is 0 Å². The number of rotatable bonds is 3. The van der Waals surface area contributed by atoms with Gasteiger partial charge in [0, 0.05) is 20.2 Å². The highest BCUT2D eigenvalue weighted by atomic mass is 35.5. The predicted octanol–water partition coefficient (Wildman–Crippen LogP) is 2.90. The molecule has 0 aromatic heterocycles. The fraction of sp³-hybridized carbons (Fsp3) is 0.500. The summed E-state index contributed by atoms with van der Waals surface area (Å²) in [7, 11) is 1.72. The topological polar surface area (TPSA) is 49.8 Å². The Labute approximate surface area is 117 Å². The highest BCUT2D eigenvalue weighted by Crippen LogP contribution is 2.31. The molecular weight excluding hydrogens is 266 g/mol. The van der Waals surface area contributed by atoms with E-state index in [1.165, 1.54) is 6.07 Å². The SMILES string of the molecule is COC1CN(c2ccc(C(=O)O)cc2Cl)CCC1C. The zero-order chi connectivity index (χ0) is 14.0. The number of carboxylic acids is 1. The Morgan fingerprint density at radius 2 is 2.26 bits per heavy atom. The minimum absolute atomic E-state index is 0.184. The smallest absolute Gasteiger partial charge is 0.335 e. The minimum atomic E-state index is -0.963. The lowest BCUT2D eigenvalue weighted by Gasteiger charge is -2.38. The molecule has 1 heterocycles. The van der Waals surface area contributed by atoms with Gasteiger partial charge in [0.05, 0.1) is 22.4 Å². The number of carboxylic acid groups (broad SMARTS) is 1. The van der Waals surface area contributed by atoms with E-state index in [1.807, 2.05) is 0 Å². The predicted molar refractivity (Wildman–Crippen MR) is 75.2 cm³/mol. The Hall–Kier alpha value is -1.26. The summed E-state index contributed by atoms with van der Waals surface area (Å²) in [4.78, 5) is 13.0. The molecule has 0 bridgehead atoms. The maximum Gasteiger partial charge on any atom is 0.335 e. The number of piperidine rings is 1. The normalized spacial score (nSPS) is 23.4. The summed E-state index contributed by atoms with van der Waals surface area (Å²) in [6.07, 6.45) is 1.22. The van der Waals surface area contributed by atoms with Gasteiger partial charge in [-0.15, -0.1) is 0 Å². The van der Waals surface area contributed by atoms with E-state index in [4.69, 9.17) is 21.4 Å². The Morgan fingerprint density at radius 1 is 1.53 bits per heavy atom. The fourth-order valence-corrected chi connectivity index (χ4v) is 2.76. The Morgan fingerprint density at radius 3 is 2.84 bits per heavy atom. The summed E-state index contributed by atoms with van der Waals surface area (Å²) in [5, 5.41) is 9.41. The van der Waals surface area contributed by atoms with E-state index in [0.29, 0.717) is 10.9 Å². The first-order valence-corrected chi connectivity index (χ1v) is 6.71. The molecule has 1 fully saturated rings. The summed E-state index contributed by atoms with van der Waals surface area (Å²) in [6, 6.07) is 4.86. The van der Waals surface area contributed by atoms with Crippen LogP contribution in [0.15, 0.2) is 18.2 Å². The van der Waals surface area contributed by atoms with Crippen LogP contribution in [0.1, 0.15) is 23.7 Å². The molecule has 2 atom stereocenters. The number of aromatic carboxylic acids is 1.